The number of aliphatic carboxylic acids is 1. The van der Waals surface area contributed by atoms with Crippen LogP contribution in [-0.2, 0) is 9.53 Å². The van der Waals surface area contributed by atoms with Crippen LogP contribution >= 0.6 is 0 Å². The van der Waals surface area contributed by atoms with Gasteiger partial charge >= 0.3 is 5.97 Å². The number of ether oxygens (including phenoxy) is 2. The van der Waals surface area contributed by atoms with E-state index in [9.17, 15) is 4.79 Å². The second kappa shape index (κ2) is 9.06. The topological polar surface area (TPSA) is 71.0 Å². The monoisotopic (exact) mass is 348 g/mol. The molecule has 2 heterocycles. The third-order valence-electron chi connectivity index (χ3n) is 5.03. The molecule has 1 aromatic carbocycles. The van der Waals surface area contributed by atoms with Gasteiger partial charge in [-0.1, -0.05) is 0 Å². The van der Waals surface area contributed by atoms with Gasteiger partial charge in [0.05, 0.1) is 6.10 Å². The Kier molecular flexibility index (Phi) is 6.53. The van der Waals surface area contributed by atoms with Crippen molar-refractivity contribution in [2.75, 3.05) is 44.3 Å². The molecule has 0 unspecified atom stereocenters. The van der Waals surface area contributed by atoms with Crippen molar-refractivity contribution >= 4 is 11.7 Å². The van der Waals surface area contributed by atoms with Gasteiger partial charge in [0.15, 0.2) is 6.61 Å². The molecule has 2 N–H and O–H groups in total. The lowest BCUT2D eigenvalue weighted by Crippen LogP contribution is -2.38. The summed E-state index contributed by atoms with van der Waals surface area (Å²) in [4.78, 5) is 12.9. The highest BCUT2D eigenvalue weighted by molar-refractivity contribution is 5.68. The summed E-state index contributed by atoms with van der Waals surface area (Å²) in [6.07, 6.45) is 4.96. The van der Waals surface area contributed by atoms with Crippen LogP contribution in [0.4, 0.5) is 5.69 Å². The smallest absolute Gasteiger partial charge is 0.341 e. The van der Waals surface area contributed by atoms with Gasteiger partial charge < -0.3 is 24.8 Å². The van der Waals surface area contributed by atoms with Crippen LogP contribution in [0.5, 0.6) is 5.75 Å². The molecule has 0 aliphatic carbocycles. The van der Waals surface area contributed by atoms with Crippen LogP contribution in [0.2, 0.25) is 0 Å². The van der Waals surface area contributed by atoms with Crippen LogP contribution in [0.15, 0.2) is 24.3 Å². The molecule has 0 spiro atoms. The highest BCUT2D eigenvalue weighted by atomic mass is 16.5. The molecule has 6 nitrogen and oxygen atoms in total. The number of nitrogens with zero attached hydrogens (tertiary/aromatic N) is 1. The van der Waals surface area contributed by atoms with E-state index in [0.717, 1.165) is 57.2 Å². The van der Waals surface area contributed by atoms with E-state index in [1.807, 2.05) is 24.3 Å². The molecule has 2 aliphatic heterocycles. The van der Waals surface area contributed by atoms with E-state index in [4.69, 9.17) is 14.6 Å². The van der Waals surface area contributed by atoms with Crippen molar-refractivity contribution in [2.45, 2.75) is 31.8 Å². The van der Waals surface area contributed by atoms with E-state index >= 15 is 0 Å². The second-order valence-corrected chi connectivity index (χ2v) is 6.89. The largest absolute Gasteiger partial charge is 0.482 e. The molecule has 25 heavy (non-hydrogen) atoms. The predicted octanol–water partition coefficient (Wildman–Crippen LogP) is 2.13. The maximum absolute atomic E-state index is 10.5. The summed E-state index contributed by atoms with van der Waals surface area (Å²) in [5.74, 6) is 0.347. The van der Waals surface area contributed by atoms with Gasteiger partial charge in [0.1, 0.15) is 5.75 Å². The van der Waals surface area contributed by atoms with Crippen molar-refractivity contribution in [3.63, 3.8) is 0 Å². The molecule has 2 fully saturated rings. The zero-order valence-corrected chi connectivity index (χ0v) is 14.7. The summed E-state index contributed by atoms with van der Waals surface area (Å²) in [6.45, 7) is 4.83. The molecule has 2 aliphatic rings. The predicted molar refractivity (Wildman–Crippen MR) is 96.4 cm³/mol. The lowest BCUT2D eigenvalue weighted by atomic mass is 9.99. The van der Waals surface area contributed by atoms with Gasteiger partial charge in [-0.3, -0.25) is 0 Å². The molecule has 3 rings (SSSR count). The molecular weight excluding hydrogens is 320 g/mol. The quantitative estimate of drug-likeness (QED) is 0.787. The summed E-state index contributed by atoms with van der Waals surface area (Å²) in [5.41, 5.74) is 1.15. The van der Waals surface area contributed by atoms with Crippen LogP contribution in [0.25, 0.3) is 0 Å². The SMILES string of the molecule is O=C(O)COc1ccc(N2CCC(OCC3CCNCC3)CC2)cc1. The van der Waals surface area contributed by atoms with Crippen molar-refractivity contribution in [1.29, 1.82) is 0 Å². The number of carbonyl (C=O) groups is 1. The summed E-state index contributed by atoms with van der Waals surface area (Å²) >= 11 is 0. The van der Waals surface area contributed by atoms with E-state index in [0.29, 0.717) is 11.9 Å². The Morgan fingerprint density at radius 3 is 2.44 bits per heavy atom. The first kappa shape index (κ1) is 18.0. The van der Waals surface area contributed by atoms with Crippen molar-refractivity contribution in [2.24, 2.45) is 5.92 Å². The first-order chi connectivity index (χ1) is 12.2. The van der Waals surface area contributed by atoms with Gasteiger partial charge in [0.2, 0.25) is 0 Å². The van der Waals surface area contributed by atoms with Gasteiger partial charge in [-0.25, -0.2) is 4.79 Å². The Morgan fingerprint density at radius 2 is 1.80 bits per heavy atom. The number of benzene rings is 1. The van der Waals surface area contributed by atoms with Gasteiger partial charge in [0, 0.05) is 25.4 Å². The summed E-state index contributed by atoms with van der Waals surface area (Å²) in [7, 11) is 0. The Hall–Kier alpha value is -1.79. The first-order valence-electron chi connectivity index (χ1n) is 9.22. The minimum Gasteiger partial charge on any atom is -0.482 e. The number of hydrogen-bond donors (Lipinski definition) is 2. The summed E-state index contributed by atoms with van der Waals surface area (Å²) in [5, 5.41) is 12.0. The normalized spacial score (nSPS) is 19.8. The first-order valence-corrected chi connectivity index (χ1v) is 9.22. The maximum atomic E-state index is 10.5. The maximum Gasteiger partial charge on any atom is 0.341 e. The van der Waals surface area contributed by atoms with Gasteiger partial charge in [-0.05, 0) is 69.0 Å². The fourth-order valence-corrected chi connectivity index (χ4v) is 3.50. The van der Waals surface area contributed by atoms with Crippen molar-refractivity contribution in [1.82, 2.24) is 5.32 Å². The van der Waals surface area contributed by atoms with Gasteiger partial charge in [-0.15, -0.1) is 0 Å². The molecule has 0 amide bonds. The fourth-order valence-electron chi connectivity index (χ4n) is 3.50. The molecule has 0 bridgehead atoms. The third kappa shape index (κ3) is 5.61. The van der Waals surface area contributed by atoms with Gasteiger partial charge in [0.25, 0.3) is 0 Å². The number of anilines is 1. The van der Waals surface area contributed by atoms with Crippen LogP contribution in [-0.4, -0.2) is 56.6 Å². The second-order valence-electron chi connectivity index (χ2n) is 6.89. The van der Waals surface area contributed by atoms with Crippen LogP contribution in [0.1, 0.15) is 25.7 Å². The van der Waals surface area contributed by atoms with Crippen LogP contribution in [0.3, 0.4) is 0 Å². The number of hydrogen-bond acceptors (Lipinski definition) is 5. The fraction of sp³-hybridized carbons (Fsp3) is 0.632. The van der Waals surface area contributed by atoms with Crippen molar-refractivity contribution < 1.29 is 19.4 Å². The highest BCUT2D eigenvalue weighted by Crippen LogP contribution is 2.24. The van der Waals surface area contributed by atoms with Crippen molar-refractivity contribution in [3.05, 3.63) is 24.3 Å². The van der Waals surface area contributed by atoms with Crippen LogP contribution in [0, 0.1) is 5.92 Å². The molecule has 138 valence electrons. The Labute approximate surface area is 149 Å². The number of carboxylic acids is 1. The average molecular weight is 348 g/mol. The Morgan fingerprint density at radius 1 is 1.12 bits per heavy atom. The van der Waals surface area contributed by atoms with Crippen molar-refractivity contribution in [3.8, 4) is 5.75 Å². The molecule has 1 aromatic rings. The lowest BCUT2D eigenvalue weighted by Gasteiger charge is -2.34. The number of piperidine rings is 2. The summed E-state index contributed by atoms with van der Waals surface area (Å²) in [6, 6.07) is 7.65. The number of rotatable bonds is 7. The Bertz CT molecular complexity index is 535. The van der Waals surface area contributed by atoms with E-state index in [1.165, 1.54) is 12.8 Å². The molecular formula is C19H28N2O4. The van der Waals surface area contributed by atoms with E-state index < -0.39 is 5.97 Å². The van der Waals surface area contributed by atoms with E-state index in [2.05, 4.69) is 10.2 Å². The minimum absolute atomic E-state index is 0.306. The third-order valence-corrected chi connectivity index (χ3v) is 5.03. The minimum atomic E-state index is -0.962. The molecule has 0 aromatic heterocycles. The Balaban J connectivity index is 1.40. The zero-order chi connectivity index (χ0) is 17.5. The van der Waals surface area contributed by atoms with Crippen LogP contribution < -0.4 is 15.0 Å². The molecule has 2 saturated heterocycles. The summed E-state index contributed by atoms with van der Waals surface area (Å²) < 4.78 is 11.3. The number of nitrogens with one attached hydrogen (secondary N) is 1. The highest BCUT2D eigenvalue weighted by Gasteiger charge is 2.22. The standard InChI is InChI=1S/C19H28N2O4/c22-19(23)14-25-17-3-1-16(2-4-17)21-11-7-18(8-12-21)24-13-15-5-9-20-10-6-15/h1-4,15,18,20H,5-14H2,(H,22,23). The van der Waals surface area contributed by atoms with Gasteiger partial charge in [-0.2, -0.15) is 0 Å². The lowest BCUT2D eigenvalue weighted by molar-refractivity contribution is -0.139. The molecule has 6 heteroatoms. The molecule has 0 radical (unpaired) electrons. The average Bonchev–Trinajstić information content (AvgIpc) is 2.66. The zero-order valence-electron chi connectivity index (χ0n) is 14.7. The number of carboxylic acid groups (broad SMARTS) is 1. The van der Waals surface area contributed by atoms with E-state index in [-0.39, 0.29) is 6.61 Å². The molecule has 0 saturated carbocycles. The van der Waals surface area contributed by atoms with E-state index in [1.54, 1.807) is 0 Å². The molecule has 0 atom stereocenters.